The Bertz CT molecular complexity index is 758. The Hall–Kier alpha value is -2.21. The molecule has 0 bridgehead atoms. The molecule has 4 heterocycles. The Balaban J connectivity index is 1.38. The van der Waals surface area contributed by atoms with Crippen molar-refractivity contribution in [3.8, 4) is 0 Å². The van der Waals surface area contributed by atoms with Crippen molar-refractivity contribution in [2.24, 2.45) is 5.92 Å². The number of likely N-dealkylation sites (tertiary alicyclic amines) is 1. The summed E-state index contributed by atoms with van der Waals surface area (Å²) in [5.41, 5.74) is 2.12. The van der Waals surface area contributed by atoms with Gasteiger partial charge in [0, 0.05) is 38.3 Å². The lowest BCUT2D eigenvalue weighted by Gasteiger charge is -2.34. The standard InChI is InChI=1S/C20H26N4O2/c1-23-10-3-5-16(13-23)20(25)24-11-8-18-17(14-24)22-19(26-18)7-6-15-4-2-9-21-12-15/h2,4,9,12,16H,3,5-8,10-11,13-14H2,1H3. The Morgan fingerprint density at radius 2 is 2.27 bits per heavy atom. The van der Waals surface area contributed by atoms with Gasteiger partial charge in [-0.25, -0.2) is 4.98 Å². The number of aromatic nitrogens is 2. The summed E-state index contributed by atoms with van der Waals surface area (Å²) in [7, 11) is 2.10. The van der Waals surface area contributed by atoms with Gasteiger partial charge in [-0.3, -0.25) is 9.78 Å². The van der Waals surface area contributed by atoms with Crippen LogP contribution in [0.1, 0.15) is 35.7 Å². The molecule has 1 unspecified atom stereocenters. The predicted octanol–water partition coefficient (Wildman–Crippen LogP) is 2.08. The molecular weight excluding hydrogens is 328 g/mol. The van der Waals surface area contributed by atoms with Crippen LogP contribution < -0.4 is 0 Å². The second-order valence-electron chi connectivity index (χ2n) is 7.45. The van der Waals surface area contributed by atoms with E-state index in [1.54, 1.807) is 6.20 Å². The van der Waals surface area contributed by atoms with Crippen LogP contribution >= 0.6 is 0 Å². The molecule has 138 valence electrons. The van der Waals surface area contributed by atoms with E-state index in [1.165, 1.54) is 5.56 Å². The maximum absolute atomic E-state index is 12.9. The van der Waals surface area contributed by atoms with E-state index < -0.39 is 0 Å². The number of rotatable bonds is 4. The van der Waals surface area contributed by atoms with E-state index >= 15 is 0 Å². The summed E-state index contributed by atoms with van der Waals surface area (Å²) in [6, 6.07) is 4.01. The number of piperidine rings is 1. The van der Waals surface area contributed by atoms with E-state index in [-0.39, 0.29) is 11.8 Å². The summed E-state index contributed by atoms with van der Waals surface area (Å²) in [6.45, 7) is 3.29. The van der Waals surface area contributed by atoms with E-state index in [4.69, 9.17) is 4.42 Å². The monoisotopic (exact) mass is 354 g/mol. The summed E-state index contributed by atoms with van der Waals surface area (Å²) >= 11 is 0. The molecule has 0 spiro atoms. The van der Waals surface area contributed by atoms with Gasteiger partial charge in [-0.2, -0.15) is 0 Å². The highest BCUT2D eigenvalue weighted by molar-refractivity contribution is 5.79. The average molecular weight is 354 g/mol. The minimum atomic E-state index is 0.132. The number of oxazole rings is 1. The van der Waals surface area contributed by atoms with Gasteiger partial charge in [0.25, 0.3) is 0 Å². The van der Waals surface area contributed by atoms with Gasteiger partial charge in [0.2, 0.25) is 5.91 Å². The lowest BCUT2D eigenvalue weighted by molar-refractivity contribution is -0.138. The van der Waals surface area contributed by atoms with Crippen LogP contribution in [0.5, 0.6) is 0 Å². The maximum Gasteiger partial charge on any atom is 0.227 e. The van der Waals surface area contributed by atoms with E-state index in [0.717, 1.165) is 69.1 Å². The molecule has 2 aromatic rings. The minimum absolute atomic E-state index is 0.132. The smallest absolute Gasteiger partial charge is 0.227 e. The van der Waals surface area contributed by atoms with Crippen molar-refractivity contribution in [2.75, 3.05) is 26.7 Å². The topological polar surface area (TPSA) is 62.5 Å². The molecule has 0 saturated carbocycles. The van der Waals surface area contributed by atoms with Gasteiger partial charge in [-0.05, 0) is 44.5 Å². The van der Waals surface area contributed by atoms with Crippen LogP contribution in [-0.2, 0) is 30.6 Å². The molecular formula is C20H26N4O2. The summed E-state index contributed by atoms with van der Waals surface area (Å²) in [5, 5.41) is 0. The number of carbonyl (C=O) groups is 1. The molecule has 0 aliphatic carbocycles. The van der Waals surface area contributed by atoms with Crippen molar-refractivity contribution in [2.45, 2.75) is 38.6 Å². The van der Waals surface area contributed by atoms with Crippen LogP contribution in [0.25, 0.3) is 0 Å². The molecule has 0 radical (unpaired) electrons. The molecule has 1 fully saturated rings. The van der Waals surface area contributed by atoms with Crippen LogP contribution in [0.4, 0.5) is 0 Å². The van der Waals surface area contributed by atoms with Gasteiger partial charge in [0.1, 0.15) is 11.5 Å². The Labute approximate surface area is 154 Å². The number of pyridine rings is 1. The van der Waals surface area contributed by atoms with Gasteiger partial charge in [-0.1, -0.05) is 6.07 Å². The van der Waals surface area contributed by atoms with Gasteiger partial charge in [0.05, 0.1) is 12.5 Å². The van der Waals surface area contributed by atoms with Crippen molar-refractivity contribution in [3.63, 3.8) is 0 Å². The van der Waals surface area contributed by atoms with Crippen molar-refractivity contribution >= 4 is 5.91 Å². The number of carbonyl (C=O) groups excluding carboxylic acids is 1. The fraction of sp³-hybridized carbons (Fsp3) is 0.550. The summed E-state index contributed by atoms with van der Waals surface area (Å²) in [4.78, 5) is 25.9. The highest BCUT2D eigenvalue weighted by Gasteiger charge is 2.31. The molecule has 0 aromatic carbocycles. The number of hydrogen-bond acceptors (Lipinski definition) is 5. The lowest BCUT2D eigenvalue weighted by atomic mass is 9.96. The van der Waals surface area contributed by atoms with Crippen LogP contribution in [0.15, 0.2) is 28.9 Å². The molecule has 1 amide bonds. The first-order chi connectivity index (χ1) is 12.7. The SMILES string of the molecule is CN1CCCC(C(=O)N2CCc3oc(CCc4cccnc4)nc3C2)C1. The summed E-state index contributed by atoms with van der Waals surface area (Å²) < 4.78 is 5.94. The fourth-order valence-corrected chi connectivity index (χ4v) is 3.97. The van der Waals surface area contributed by atoms with Crippen LogP contribution in [-0.4, -0.2) is 52.4 Å². The molecule has 0 N–H and O–H groups in total. The van der Waals surface area contributed by atoms with Crippen molar-refractivity contribution in [3.05, 3.63) is 47.4 Å². The molecule has 2 aromatic heterocycles. The zero-order valence-electron chi connectivity index (χ0n) is 15.4. The number of hydrogen-bond donors (Lipinski definition) is 0. The number of fused-ring (bicyclic) bond motifs is 1. The molecule has 4 rings (SSSR count). The van der Waals surface area contributed by atoms with Crippen molar-refractivity contribution in [1.29, 1.82) is 0 Å². The second kappa shape index (κ2) is 7.58. The van der Waals surface area contributed by atoms with Crippen LogP contribution in [0.2, 0.25) is 0 Å². The summed E-state index contributed by atoms with van der Waals surface area (Å²) in [6.07, 6.45) is 8.16. The van der Waals surface area contributed by atoms with Gasteiger partial charge in [-0.15, -0.1) is 0 Å². The Kier molecular flexibility index (Phi) is 5.02. The minimum Gasteiger partial charge on any atom is -0.445 e. The predicted molar refractivity (Wildman–Crippen MR) is 97.5 cm³/mol. The zero-order chi connectivity index (χ0) is 17.9. The normalized spacial score (nSPS) is 20.8. The quantitative estimate of drug-likeness (QED) is 0.841. The van der Waals surface area contributed by atoms with E-state index in [1.807, 2.05) is 17.2 Å². The summed E-state index contributed by atoms with van der Waals surface area (Å²) in [5.74, 6) is 2.14. The highest BCUT2D eigenvalue weighted by Crippen LogP contribution is 2.24. The molecule has 2 aliphatic rings. The zero-order valence-corrected chi connectivity index (χ0v) is 15.4. The number of amides is 1. The van der Waals surface area contributed by atoms with Crippen LogP contribution in [0, 0.1) is 5.92 Å². The van der Waals surface area contributed by atoms with Gasteiger partial charge < -0.3 is 14.2 Å². The van der Waals surface area contributed by atoms with Gasteiger partial charge in [0.15, 0.2) is 5.89 Å². The third kappa shape index (κ3) is 3.80. The first-order valence-corrected chi connectivity index (χ1v) is 9.53. The third-order valence-electron chi connectivity index (χ3n) is 5.41. The third-order valence-corrected chi connectivity index (χ3v) is 5.41. The number of nitrogens with zero attached hydrogens (tertiary/aromatic N) is 4. The molecule has 2 aliphatic heterocycles. The highest BCUT2D eigenvalue weighted by atomic mass is 16.4. The van der Waals surface area contributed by atoms with E-state index in [0.29, 0.717) is 6.54 Å². The Morgan fingerprint density at radius 1 is 1.35 bits per heavy atom. The molecule has 1 atom stereocenters. The molecule has 6 nitrogen and oxygen atoms in total. The Morgan fingerprint density at radius 3 is 3.08 bits per heavy atom. The van der Waals surface area contributed by atoms with E-state index in [2.05, 4.69) is 28.0 Å². The van der Waals surface area contributed by atoms with Gasteiger partial charge >= 0.3 is 0 Å². The molecule has 26 heavy (non-hydrogen) atoms. The van der Waals surface area contributed by atoms with Crippen molar-refractivity contribution in [1.82, 2.24) is 19.8 Å². The lowest BCUT2D eigenvalue weighted by Crippen LogP contribution is -2.45. The molecule has 6 heteroatoms. The first kappa shape index (κ1) is 17.2. The maximum atomic E-state index is 12.9. The second-order valence-corrected chi connectivity index (χ2v) is 7.45. The van der Waals surface area contributed by atoms with Crippen molar-refractivity contribution < 1.29 is 9.21 Å². The fourth-order valence-electron chi connectivity index (χ4n) is 3.97. The largest absolute Gasteiger partial charge is 0.445 e. The van der Waals surface area contributed by atoms with E-state index in [9.17, 15) is 4.79 Å². The molecule has 1 saturated heterocycles. The average Bonchev–Trinajstić information content (AvgIpc) is 3.08. The number of aryl methyl sites for hydroxylation is 2. The van der Waals surface area contributed by atoms with Crippen LogP contribution in [0.3, 0.4) is 0 Å². The first-order valence-electron chi connectivity index (χ1n) is 9.53.